The number of amides is 1. The summed E-state index contributed by atoms with van der Waals surface area (Å²) in [7, 11) is -0.642. The Morgan fingerprint density at radius 2 is 1.95 bits per heavy atom. The fourth-order valence-electron chi connectivity index (χ4n) is 4.61. The highest BCUT2D eigenvalue weighted by atomic mass is 32.2. The van der Waals surface area contributed by atoms with Crippen LogP contribution in [0.1, 0.15) is 46.0 Å². The average Bonchev–Trinajstić information content (AvgIpc) is 3.08. The van der Waals surface area contributed by atoms with Crippen LogP contribution in [0.2, 0.25) is 0 Å². The minimum Gasteiger partial charge on any atom is -0.354 e. The smallest absolute Gasteiger partial charge is 0.220 e. The molecule has 126 valence electrons. The lowest BCUT2D eigenvalue weighted by atomic mass is 9.86. The summed E-state index contributed by atoms with van der Waals surface area (Å²) >= 11 is 0. The molecule has 1 heterocycles. The van der Waals surface area contributed by atoms with Crippen LogP contribution in [0.5, 0.6) is 0 Å². The molecule has 0 radical (unpaired) electrons. The zero-order valence-corrected chi connectivity index (χ0v) is 14.8. The first-order chi connectivity index (χ1) is 10.4. The number of hydrogen-bond donors (Lipinski definition) is 1. The van der Waals surface area contributed by atoms with E-state index in [1.807, 2.05) is 0 Å². The van der Waals surface area contributed by atoms with E-state index in [0.29, 0.717) is 12.5 Å². The van der Waals surface area contributed by atoms with Crippen molar-refractivity contribution in [2.75, 3.05) is 31.1 Å². The maximum absolute atomic E-state index is 12.3. The van der Waals surface area contributed by atoms with Gasteiger partial charge in [-0.1, -0.05) is 6.42 Å². The van der Waals surface area contributed by atoms with Crippen molar-refractivity contribution in [1.82, 2.24) is 10.2 Å². The predicted octanol–water partition coefficient (Wildman–Crippen LogP) is 1.77. The van der Waals surface area contributed by atoms with E-state index in [4.69, 9.17) is 0 Å². The van der Waals surface area contributed by atoms with E-state index in [1.165, 1.54) is 25.7 Å². The maximum Gasteiger partial charge on any atom is 0.220 e. The molecule has 1 saturated heterocycles. The third-order valence-corrected chi connectivity index (χ3v) is 7.36. The van der Waals surface area contributed by atoms with E-state index in [0.717, 1.165) is 42.9 Å². The second-order valence-electron chi connectivity index (χ2n) is 8.06. The molecule has 3 fully saturated rings. The molecule has 0 aromatic carbocycles. The molecule has 1 amide bonds. The molecule has 22 heavy (non-hydrogen) atoms. The average molecular weight is 327 g/mol. The summed E-state index contributed by atoms with van der Waals surface area (Å²) in [5, 5.41) is 3.16. The van der Waals surface area contributed by atoms with Gasteiger partial charge in [-0.25, -0.2) is 0 Å². The summed E-state index contributed by atoms with van der Waals surface area (Å²) < 4.78 is 11.5. The zero-order valence-electron chi connectivity index (χ0n) is 14.0. The summed E-state index contributed by atoms with van der Waals surface area (Å²) in [4.78, 5) is 14.6. The topological polar surface area (TPSA) is 49.4 Å². The largest absolute Gasteiger partial charge is 0.354 e. The second kappa shape index (κ2) is 6.60. The fraction of sp³-hybridized carbons (Fsp3) is 0.941. The molecule has 2 saturated carbocycles. The summed E-state index contributed by atoms with van der Waals surface area (Å²) in [6.07, 6.45) is 6.11. The van der Waals surface area contributed by atoms with Crippen LogP contribution < -0.4 is 5.32 Å². The van der Waals surface area contributed by atoms with Crippen molar-refractivity contribution in [3.05, 3.63) is 0 Å². The van der Waals surface area contributed by atoms with Crippen LogP contribution in [0, 0.1) is 17.8 Å². The van der Waals surface area contributed by atoms with E-state index in [-0.39, 0.29) is 11.4 Å². The number of nitrogens with one attached hydrogen (secondary N) is 1. The molecule has 3 rings (SSSR count). The lowest BCUT2D eigenvalue weighted by Crippen LogP contribution is -2.55. The molecule has 2 aliphatic carbocycles. The highest BCUT2D eigenvalue weighted by molar-refractivity contribution is 7.85. The van der Waals surface area contributed by atoms with Crippen molar-refractivity contribution in [2.45, 2.75) is 51.5 Å². The minimum absolute atomic E-state index is 0.0467. The van der Waals surface area contributed by atoms with Crippen molar-refractivity contribution in [1.29, 1.82) is 0 Å². The lowest BCUT2D eigenvalue weighted by molar-refractivity contribution is -0.123. The van der Waals surface area contributed by atoms with Crippen LogP contribution in [0.3, 0.4) is 0 Å². The van der Waals surface area contributed by atoms with Crippen molar-refractivity contribution in [3.8, 4) is 0 Å². The van der Waals surface area contributed by atoms with Gasteiger partial charge in [0.25, 0.3) is 0 Å². The monoisotopic (exact) mass is 326 g/mol. The van der Waals surface area contributed by atoms with Crippen LogP contribution >= 0.6 is 0 Å². The molecule has 1 aliphatic heterocycles. The van der Waals surface area contributed by atoms with Crippen molar-refractivity contribution in [2.24, 2.45) is 17.8 Å². The number of carbonyl (C=O) groups is 1. The third kappa shape index (κ3) is 3.73. The number of fused-ring (bicyclic) bond motifs is 2. The van der Waals surface area contributed by atoms with Crippen LogP contribution in [0.15, 0.2) is 0 Å². The standard InChI is InChI=1S/C17H30N2O2S/c1-17(2,19-5-7-22(21)8-6-19)12-18-16(20)11-15-10-13-3-4-14(15)9-13/h13-15H,3-12H2,1-2H3,(H,18,20). The van der Waals surface area contributed by atoms with Crippen molar-refractivity contribution in [3.63, 3.8) is 0 Å². The summed E-state index contributed by atoms with van der Waals surface area (Å²) in [6.45, 7) is 6.81. The van der Waals surface area contributed by atoms with Crippen molar-refractivity contribution >= 4 is 16.7 Å². The van der Waals surface area contributed by atoms with E-state index < -0.39 is 10.8 Å². The summed E-state index contributed by atoms with van der Waals surface area (Å²) in [5.74, 6) is 4.13. The quantitative estimate of drug-likeness (QED) is 0.838. The number of carbonyl (C=O) groups excluding carboxylic acids is 1. The van der Waals surface area contributed by atoms with E-state index in [9.17, 15) is 9.00 Å². The number of rotatable bonds is 5. The van der Waals surface area contributed by atoms with Gasteiger partial charge in [0.2, 0.25) is 5.91 Å². The molecule has 5 heteroatoms. The normalized spacial score (nSPS) is 33.3. The van der Waals surface area contributed by atoms with Crippen molar-refractivity contribution < 1.29 is 9.00 Å². The molecule has 4 nitrogen and oxygen atoms in total. The van der Waals surface area contributed by atoms with E-state index >= 15 is 0 Å². The molecule has 0 spiro atoms. The van der Waals surface area contributed by atoms with Gasteiger partial charge in [-0.05, 0) is 50.9 Å². The van der Waals surface area contributed by atoms with Gasteiger partial charge in [-0.3, -0.25) is 13.9 Å². The summed E-state index contributed by atoms with van der Waals surface area (Å²) in [5.41, 5.74) is -0.0467. The molecule has 2 bridgehead atoms. The molecule has 3 atom stereocenters. The van der Waals surface area contributed by atoms with Crippen LogP contribution in [-0.2, 0) is 15.6 Å². The predicted molar refractivity (Wildman–Crippen MR) is 90.1 cm³/mol. The molecule has 3 aliphatic rings. The number of nitrogens with zero attached hydrogens (tertiary/aromatic N) is 1. The maximum atomic E-state index is 12.3. The molecule has 1 N–H and O–H groups in total. The highest BCUT2D eigenvalue weighted by Crippen LogP contribution is 2.49. The van der Waals surface area contributed by atoms with E-state index in [1.54, 1.807) is 0 Å². The Morgan fingerprint density at radius 1 is 1.23 bits per heavy atom. The first-order valence-electron chi connectivity index (χ1n) is 8.81. The Morgan fingerprint density at radius 3 is 2.55 bits per heavy atom. The zero-order chi connectivity index (χ0) is 15.7. The van der Waals surface area contributed by atoms with Gasteiger partial charge in [0.05, 0.1) is 0 Å². The van der Waals surface area contributed by atoms with Gasteiger partial charge in [0.1, 0.15) is 0 Å². The molecule has 3 unspecified atom stereocenters. The second-order valence-corrected chi connectivity index (χ2v) is 9.76. The fourth-order valence-corrected chi connectivity index (χ4v) is 5.66. The van der Waals surface area contributed by atoms with Gasteiger partial charge < -0.3 is 5.32 Å². The Bertz CT molecular complexity index is 442. The molecule has 0 aromatic rings. The third-order valence-electron chi connectivity index (χ3n) is 6.08. The molecule has 0 aromatic heterocycles. The SMILES string of the molecule is CC(C)(CNC(=O)CC1CC2CCC1C2)N1CCS(=O)CC1. The van der Waals surface area contributed by atoms with Gasteiger partial charge in [-0.2, -0.15) is 0 Å². The number of hydrogen-bond acceptors (Lipinski definition) is 3. The Hall–Kier alpha value is -0.420. The van der Waals surface area contributed by atoms with Gasteiger partial charge in [-0.15, -0.1) is 0 Å². The van der Waals surface area contributed by atoms with Gasteiger partial charge >= 0.3 is 0 Å². The van der Waals surface area contributed by atoms with Crippen LogP contribution in [0.4, 0.5) is 0 Å². The molecular weight excluding hydrogens is 296 g/mol. The van der Waals surface area contributed by atoms with Crippen LogP contribution in [-0.4, -0.2) is 51.7 Å². The Balaban J connectivity index is 1.43. The van der Waals surface area contributed by atoms with E-state index in [2.05, 4.69) is 24.1 Å². The summed E-state index contributed by atoms with van der Waals surface area (Å²) in [6, 6.07) is 0. The first-order valence-corrected chi connectivity index (χ1v) is 10.3. The van der Waals surface area contributed by atoms with Gasteiger partial charge in [0.15, 0.2) is 0 Å². The Labute approximate surface area is 136 Å². The molecular formula is C17H30N2O2S. The highest BCUT2D eigenvalue weighted by Gasteiger charge is 2.40. The van der Waals surface area contributed by atoms with Crippen LogP contribution in [0.25, 0.3) is 0 Å². The van der Waals surface area contributed by atoms with Gasteiger partial charge in [0, 0.05) is 53.9 Å². The lowest BCUT2D eigenvalue weighted by Gasteiger charge is -2.40. The Kier molecular flexibility index (Phi) is 4.93. The first kappa shape index (κ1) is 16.4. The minimum atomic E-state index is -0.642.